The van der Waals surface area contributed by atoms with E-state index in [0.717, 1.165) is 12.2 Å². The van der Waals surface area contributed by atoms with Crippen molar-refractivity contribution in [3.63, 3.8) is 0 Å². The van der Waals surface area contributed by atoms with Crippen molar-refractivity contribution in [3.05, 3.63) is 88.6 Å². The molecule has 0 aliphatic carbocycles. The van der Waals surface area contributed by atoms with Crippen LogP contribution in [0.25, 0.3) is 21.9 Å². The van der Waals surface area contributed by atoms with Crippen LogP contribution in [0.2, 0.25) is 0 Å². The second-order valence-corrected chi connectivity index (χ2v) is 6.64. The van der Waals surface area contributed by atoms with Gasteiger partial charge in [-0.2, -0.15) is 11.3 Å². The first-order chi connectivity index (χ1) is 11.8. The fraction of sp³-hybridized carbons (Fsp3) is 0.0909. The van der Waals surface area contributed by atoms with Crippen LogP contribution >= 0.6 is 11.3 Å². The number of hydrogen-bond donors (Lipinski definition) is 0. The van der Waals surface area contributed by atoms with Crippen molar-refractivity contribution in [1.29, 1.82) is 0 Å². The molecular formula is C22H18OS. The average molecular weight is 330 g/mol. The lowest BCUT2D eigenvalue weighted by molar-refractivity contribution is 0.415. The molecule has 0 spiro atoms. The molecule has 0 aliphatic heterocycles. The van der Waals surface area contributed by atoms with Gasteiger partial charge in [0, 0.05) is 11.8 Å². The molecule has 0 N–H and O–H groups in total. The highest BCUT2D eigenvalue weighted by Gasteiger charge is 2.09. The van der Waals surface area contributed by atoms with Crippen LogP contribution in [0.3, 0.4) is 0 Å². The van der Waals surface area contributed by atoms with Gasteiger partial charge in [0.1, 0.15) is 5.75 Å². The van der Waals surface area contributed by atoms with Crippen LogP contribution in [-0.4, -0.2) is 7.11 Å². The Morgan fingerprint density at radius 2 is 1.67 bits per heavy atom. The van der Waals surface area contributed by atoms with Crippen molar-refractivity contribution in [2.24, 2.45) is 0 Å². The van der Waals surface area contributed by atoms with Crippen LogP contribution in [-0.2, 0) is 6.42 Å². The lowest BCUT2D eigenvalue weighted by Gasteiger charge is -2.12. The summed E-state index contributed by atoms with van der Waals surface area (Å²) in [7, 11) is 1.75. The first-order valence-electron chi connectivity index (χ1n) is 8.01. The molecule has 0 bridgehead atoms. The van der Waals surface area contributed by atoms with Crippen LogP contribution in [0.15, 0.2) is 77.5 Å². The summed E-state index contributed by atoms with van der Waals surface area (Å²) in [5.74, 6) is 0.981. The van der Waals surface area contributed by atoms with Crippen molar-refractivity contribution in [2.75, 3.05) is 7.11 Å². The van der Waals surface area contributed by atoms with E-state index < -0.39 is 0 Å². The zero-order valence-electron chi connectivity index (χ0n) is 13.5. The lowest BCUT2D eigenvalue weighted by Crippen LogP contribution is -1.95. The van der Waals surface area contributed by atoms with Gasteiger partial charge in [0.05, 0.1) is 7.11 Å². The topological polar surface area (TPSA) is 9.23 Å². The Bertz CT molecular complexity index is 953. The molecule has 1 aromatic heterocycles. The zero-order valence-corrected chi connectivity index (χ0v) is 14.3. The predicted octanol–water partition coefficient (Wildman–Crippen LogP) is 6.17. The van der Waals surface area contributed by atoms with Crippen LogP contribution in [0.1, 0.15) is 11.1 Å². The van der Waals surface area contributed by atoms with Gasteiger partial charge in [-0.15, -0.1) is 0 Å². The second kappa shape index (κ2) is 6.50. The first-order valence-corrected chi connectivity index (χ1v) is 8.95. The van der Waals surface area contributed by atoms with E-state index in [1.54, 1.807) is 18.4 Å². The summed E-state index contributed by atoms with van der Waals surface area (Å²) in [6.45, 7) is 0. The van der Waals surface area contributed by atoms with E-state index >= 15 is 0 Å². The number of hydrogen-bond acceptors (Lipinski definition) is 2. The highest BCUT2D eigenvalue weighted by Crippen LogP contribution is 2.31. The zero-order chi connectivity index (χ0) is 16.4. The summed E-state index contributed by atoms with van der Waals surface area (Å²) >= 11 is 1.73. The van der Waals surface area contributed by atoms with Gasteiger partial charge in [-0.1, -0.05) is 60.7 Å². The largest absolute Gasteiger partial charge is 0.496 e. The molecule has 24 heavy (non-hydrogen) atoms. The van der Waals surface area contributed by atoms with Crippen LogP contribution in [0, 0.1) is 0 Å². The number of fused-ring (bicyclic) bond motifs is 1. The minimum Gasteiger partial charge on any atom is -0.496 e. The minimum absolute atomic E-state index is 0.873. The monoisotopic (exact) mass is 330 g/mol. The quantitative estimate of drug-likeness (QED) is 0.435. The SMILES string of the molecule is COc1c(Cc2ccc(-c3ccsc3)cc2)ccc2ccccc12. The van der Waals surface area contributed by atoms with Crippen molar-refractivity contribution in [3.8, 4) is 16.9 Å². The molecule has 0 saturated carbocycles. The fourth-order valence-electron chi connectivity index (χ4n) is 3.13. The first kappa shape index (κ1) is 15.0. The summed E-state index contributed by atoms with van der Waals surface area (Å²) in [5, 5.41) is 6.68. The molecule has 118 valence electrons. The summed E-state index contributed by atoms with van der Waals surface area (Å²) < 4.78 is 5.71. The summed E-state index contributed by atoms with van der Waals surface area (Å²) in [4.78, 5) is 0. The Morgan fingerprint density at radius 3 is 2.42 bits per heavy atom. The number of rotatable bonds is 4. The maximum atomic E-state index is 5.71. The molecule has 3 aromatic carbocycles. The lowest BCUT2D eigenvalue weighted by atomic mass is 9.98. The molecule has 0 saturated heterocycles. The predicted molar refractivity (Wildman–Crippen MR) is 103 cm³/mol. The third-order valence-electron chi connectivity index (χ3n) is 4.37. The number of methoxy groups -OCH3 is 1. The molecule has 1 heterocycles. The Labute approximate surface area is 146 Å². The van der Waals surface area contributed by atoms with Crippen LogP contribution < -0.4 is 4.74 Å². The van der Waals surface area contributed by atoms with E-state index in [1.807, 2.05) is 0 Å². The standard InChI is InChI=1S/C22H18OS/c1-23-22-19(11-10-18-4-2-3-5-21(18)22)14-16-6-8-17(9-7-16)20-12-13-24-15-20/h2-13,15H,14H2,1H3. The summed E-state index contributed by atoms with van der Waals surface area (Å²) in [5.41, 5.74) is 5.07. The third-order valence-corrected chi connectivity index (χ3v) is 5.05. The van der Waals surface area contributed by atoms with Gasteiger partial charge in [-0.3, -0.25) is 0 Å². The number of benzene rings is 3. The summed E-state index contributed by atoms with van der Waals surface area (Å²) in [6, 6.07) is 23.7. The van der Waals surface area contributed by atoms with Gasteiger partial charge < -0.3 is 4.74 Å². The Morgan fingerprint density at radius 1 is 0.833 bits per heavy atom. The van der Waals surface area contributed by atoms with E-state index in [0.29, 0.717) is 0 Å². The second-order valence-electron chi connectivity index (χ2n) is 5.86. The molecule has 0 radical (unpaired) electrons. The Kier molecular flexibility index (Phi) is 4.06. The normalized spacial score (nSPS) is 10.9. The van der Waals surface area contributed by atoms with Crippen LogP contribution in [0.4, 0.5) is 0 Å². The maximum Gasteiger partial charge on any atom is 0.130 e. The molecule has 0 atom stereocenters. The maximum absolute atomic E-state index is 5.71. The minimum atomic E-state index is 0.873. The van der Waals surface area contributed by atoms with Crippen molar-refractivity contribution in [1.82, 2.24) is 0 Å². The van der Waals surface area contributed by atoms with Gasteiger partial charge in [0.15, 0.2) is 0 Å². The van der Waals surface area contributed by atoms with Crippen LogP contribution in [0.5, 0.6) is 5.75 Å². The molecule has 4 rings (SSSR count). The van der Waals surface area contributed by atoms with Gasteiger partial charge in [0.2, 0.25) is 0 Å². The smallest absolute Gasteiger partial charge is 0.130 e. The Hall–Kier alpha value is -2.58. The molecule has 1 nitrogen and oxygen atoms in total. The highest BCUT2D eigenvalue weighted by molar-refractivity contribution is 7.08. The van der Waals surface area contributed by atoms with E-state index in [2.05, 4.69) is 77.5 Å². The molecule has 0 amide bonds. The van der Waals surface area contributed by atoms with E-state index in [-0.39, 0.29) is 0 Å². The fourth-order valence-corrected chi connectivity index (χ4v) is 3.80. The van der Waals surface area contributed by atoms with Gasteiger partial charge in [0.25, 0.3) is 0 Å². The third kappa shape index (κ3) is 2.81. The molecule has 2 heteroatoms. The van der Waals surface area contributed by atoms with Gasteiger partial charge >= 0.3 is 0 Å². The van der Waals surface area contributed by atoms with E-state index in [1.165, 1.54) is 33.0 Å². The number of thiophene rings is 1. The van der Waals surface area contributed by atoms with Gasteiger partial charge in [-0.25, -0.2) is 0 Å². The van der Waals surface area contributed by atoms with Crippen molar-refractivity contribution >= 4 is 22.1 Å². The van der Waals surface area contributed by atoms with Crippen molar-refractivity contribution in [2.45, 2.75) is 6.42 Å². The van der Waals surface area contributed by atoms with E-state index in [9.17, 15) is 0 Å². The van der Waals surface area contributed by atoms with Gasteiger partial charge in [-0.05, 0) is 44.5 Å². The Balaban J connectivity index is 1.66. The summed E-state index contributed by atoms with van der Waals surface area (Å²) in [6.07, 6.45) is 0.873. The molecule has 4 aromatic rings. The van der Waals surface area contributed by atoms with Crippen molar-refractivity contribution < 1.29 is 4.74 Å². The molecular weight excluding hydrogens is 312 g/mol. The molecule has 0 fully saturated rings. The highest BCUT2D eigenvalue weighted by atomic mass is 32.1. The molecule has 0 unspecified atom stereocenters. The molecule has 0 aliphatic rings. The number of ether oxygens (including phenoxy) is 1. The average Bonchev–Trinajstić information content (AvgIpc) is 3.17. The van der Waals surface area contributed by atoms with E-state index in [4.69, 9.17) is 4.74 Å².